The minimum absolute atomic E-state index is 0.174. The molecular weight excluding hydrogens is 357 g/mol. The first-order valence-corrected chi connectivity index (χ1v) is 8.76. The fourth-order valence-electron chi connectivity index (χ4n) is 2.66. The summed E-state index contributed by atoms with van der Waals surface area (Å²) in [6.07, 6.45) is 3.83. The first-order valence-electron chi connectivity index (χ1n) is 7.60. The number of piperidine rings is 1. The second-order valence-electron chi connectivity index (χ2n) is 5.59. The molecule has 8 heteroatoms. The van der Waals surface area contributed by atoms with Gasteiger partial charge >= 0.3 is 0 Å². The van der Waals surface area contributed by atoms with Crippen molar-refractivity contribution in [1.29, 1.82) is 0 Å². The van der Waals surface area contributed by atoms with Crippen molar-refractivity contribution in [1.82, 2.24) is 9.78 Å². The number of halogens is 2. The van der Waals surface area contributed by atoms with E-state index in [4.69, 9.17) is 44.6 Å². The summed E-state index contributed by atoms with van der Waals surface area (Å²) in [5.74, 6) is 0.978. The van der Waals surface area contributed by atoms with Crippen LogP contribution in [-0.2, 0) is 13.3 Å². The number of nitrogens with zero attached hydrogens (tertiary/aromatic N) is 2. The molecule has 2 heterocycles. The molecule has 1 aliphatic rings. The van der Waals surface area contributed by atoms with Gasteiger partial charge in [-0.2, -0.15) is 4.68 Å². The summed E-state index contributed by atoms with van der Waals surface area (Å²) in [5.41, 5.74) is 0. The van der Waals surface area contributed by atoms with Crippen LogP contribution in [0.5, 0.6) is 5.75 Å². The summed E-state index contributed by atoms with van der Waals surface area (Å²) in [6.45, 7) is 3.22. The van der Waals surface area contributed by atoms with Crippen molar-refractivity contribution in [2.75, 3.05) is 13.1 Å². The zero-order valence-corrected chi connectivity index (χ0v) is 14.9. The van der Waals surface area contributed by atoms with E-state index >= 15 is 0 Å². The molecule has 23 heavy (non-hydrogen) atoms. The Kier molecular flexibility index (Phi) is 5.58. The number of rotatable bonds is 5. The number of hydrogen-bond acceptors (Lipinski definition) is 4. The standard InChI is InChI=1S/C15H17Cl2N3O2S/c16-11-4-5-13(12(17)8-11)21-9-14-18-20(15(23)22-14)10-19-6-2-1-3-7-19/h4-5,8H,1-3,6-7,9-10H2/p+1. The van der Waals surface area contributed by atoms with Gasteiger partial charge in [0.1, 0.15) is 5.75 Å². The lowest BCUT2D eigenvalue weighted by Crippen LogP contribution is -3.12. The van der Waals surface area contributed by atoms with Gasteiger partial charge in [0.25, 0.3) is 10.7 Å². The Labute approximate surface area is 149 Å². The van der Waals surface area contributed by atoms with Gasteiger partial charge in [-0.05, 0) is 49.7 Å². The van der Waals surface area contributed by atoms with Crippen LogP contribution in [0.4, 0.5) is 0 Å². The van der Waals surface area contributed by atoms with Crippen molar-refractivity contribution in [3.63, 3.8) is 0 Å². The maximum Gasteiger partial charge on any atom is 0.291 e. The molecule has 5 nitrogen and oxygen atoms in total. The van der Waals surface area contributed by atoms with Gasteiger partial charge in [-0.1, -0.05) is 23.2 Å². The second-order valence-corrected chi connectivity index (χ2v) is 6.79. The number of aromatic nitrogens is 2. The average Bonchev–Trinajstić information content (AvgIpc) is 2.87. The van der Waals surface area contributed by atoms with Crippen LogP contribution in [-0.4, -0.2) is 22.9 Å². The minimum Gasteiger partial charge on any atom is -0.482 e. The monoisotopic (exact) mass is 374 g/mol. The maximum absolute atomic E-state index is 6.07. The molecule has 1 N–H and O–H groups in total. The first-order chi connectivity index (χ1) is 11.1. The molecule has 3 rings (SSSR count). The molecule has 0 spiro atoms. The number of quaternary nitrogens is 1. The van der Waals surface area contributed by atoms with Crippen LogP contribution < -0.4 is 9.64 Å². The van der Waals surface area contributed by atoms with Gasteiger partial charge in [0.15, 0.2) is 13.3 Å². The summed E-state index contributed by atoms with van der Waals surface area (Å²) < 4.78 is 12.9. The predicted octanol–water partition coefficient (Wildman–Crippen LogP) is 3.12. The van der Waals surface area contributed by atoms with Crippen LogP contribution >= 0.6 is 35.4 Å². The molecular formula is C15H18Cl2N3O2S+. The highest BCUT2D eigenvalue weighted by Crippen LogP contribution is 2.28. The largest absolute Gasteiger partial charge is 0.482 e. The number of hydrogen-bond donors (Lipinski definition) is 1. The molecule has 0 amide bonds. The van der Waals surface area contributed by atoms with E-state index in [2.05, 4.69) is 5.10 Å². The van der Waals surface area contributed by atoms with Crippen LogP contribution in [0.1, 0.15) is 25.2 Å². The molecule has 0 bridgehead atoms. The first kappa shape index (κ1) is 16.8. The molecule has 1 aromatic carbocycles. The summed E-state index contributed by atoms with van der Waals surface area (Å²) in [7, 11) is 0. The van der Waals surface area contributed by atoms with Crippen molar-refractivity contribution in [2.24, 2.45) is 0 Å². The molecule has 1 aliphatic heterocycles. The smallest absolute Gasteiger partial charge is 0.291 e. The van der Waals surface area contributed by atoms with Crippen molar-refractivity contribution in [3.8, 4) is 5.75 Å². The van der Waals surface area contributed by atoms with Crippen molar-refractivity contribution >= 4 is 35.4 Å². The Morgan fingerprint density at radius 3 is 2.78 bits per heavy atom. The van der Waals surface area contributed by atoms with Gasteiger partial charge in [-0.15, -0.1) is 5.10 Å². The number of benzene rings is 1. The topological polar surface area (TPSA) is 44.6 Å². The van der Waals surface area contributed by atoms with Gasteiger partial charge in [0, 0.05) is 5.02 Å². The molecule has 0 atom stereocenters. The van der Waals surface area contributed by atoms with Crippen molar-refractivity contribution in [3.05, 3.63) is 39.0 Å². The van der Waals surface area contributed by atoms with Crippen molar-refractivity contribution < 1.29 is 14.1 Å². The average molecular weight is 375 g/mol. The quantitative estimate of drug-likeness (QED) is 0.816. The molecule has 124 valence electrons. The van der Waals surface area contributed by atoms with E-state index in [-0.39, 0.29) is 6.61 Å². The molecule has 0 unspecified atom stereocenters. The van der Waals surface area contributed by atoms with E-state index in [1.54, 1.807) is 22.9 Å². The second kappa shape index (κ2) is 7.66. The molecule has 1 aromatic heterocycles. The lowest BCUT2D eigenvalue weighted by atomic mass is 10.1. The third kappa shape index (κ3) is 4.47. The molecule has 0 aliphatic carbocycles. The third-order valence-electron chi connectivity index (χ3n) is 3.83. The normalized spacial score (nSPS) is 15.7. The zero-order valence-electron chi connectivity index (χ0n) is 12.6. The number of nitrogens with one attached hydrogen (secondary N) is 1. The molecule has 0 saturated carbocycles. The Bertz CT molecular complexity index is 726. The Morgan fingerprint density at radius 1 is 1.26 bits per heavy atom. The lowest BCUT2D eigenvalue weighted by molar-refractivity contribution is -0.928. The highest BCUT2D eigenvalue weighted by molar-refractivity contribution is 7.71. The lowest BCUT2D eigenvalue weighted by Gasteiger charge is -2.22. The van der Waals surface area contributed by atoms with Gasteiger partial charge in [-0.25, -0.2) is 0 Å². The molecule has 0 radical (unpaired) electrons. The maximum atomic E-state index is 6.07. The molecule has 1 saturated heterocycles. The minimum atomic E-state index is 0.174. The highest BCUT2D eigenvalue weighted by Gasteiger charge is 2.16. The summed E-state index contributed by atoms with van der Waals surface area (Å²) in [4.78, 5) is 1.86. The van der Waals surface area contributed by atoms with Gasteiger partial charge < -0.3 is 14.1 Å². The summed E-state index contributed by atoms with van der Waals surface area (Å²) in [6, 6.07) is 5.07. The highest BCUT2D eigenvalue weighted by atomic mass is 35.5. The van der Waals surface area contributed by atoms with E-state index in [1.165, 1.54) is 24.2 Å². The van der Waals surface area contributed by atoms with E-state index in [0.717, 1.165) is 19.8 Å². The Balaban J connectivity index is 1.62. The van der Waals surface area contributed by atoms with Gasteiger partial charge in [0.2, 0.25) is 0 Å². The number of likely N-dealkylation sites (tertiary alicyclic amines) is 1. The van der Waals surface area contributed by atoms with E-state index in [9.17, 15) is 0 Å². The summed E-state index contributed by atoms with van der Waals surface area (Å²) >= 11 is 17.2. The molecule has 1 fully saturated rings. The van der Waals surface area contributed by atoms with E-state index in [1.807, 2.05) is 0 Å². The third-order valence-corrected chi connectivity index (χ3v) is 4.65. The van der Waals surface area contributed by atoms with E-state index in [0.29, 0.717) is 26.5 Å². The van der Waals surface area contributed by atoms with Crippen LogP contribution in [0.25, 0.3) is 0 Å². The Hall–Kier alpha value is -1.08. The number of ether oxygens (including phenoxy) is 1. The SMILES string of the molecule is S=c1oc(COc2ccc(Cl)cc2Cl)nn1C[NH+]1CCCCC1. The van der Waals surface area contributed by atoms with Crippen LogP contribution in [0.15, 0.2) is 22.6 Å². The van der Waals surface area contributed by atoms with Gasteiger partial charge in [-0.3, -0.25) is 0 Å². The zero-order chi connectivity index (χ0) is 16.2. The fraction of sp³-hybridized carbons (Fsp3) is 0.467. The van der Waals surface area contributed by atoms with Crippen molar-refractivity contribution in [2.45, 2.75) is 32.5 Å². The van der Waals surface area contributed by atoms with E-state index < -0.39 is 0 Å². The van der Waals surface area contributed by atoms with Crippen LogP contribution in [0, 0.1) is 4.84 Å². The van der Waals surface area contributed by atoms with Crippen LogP contribution in [0.3, 0.4) is 0 Å². The predicted molar refractivity (Wildman–Crippen MR) is 90.7 cm³/mol. The van der Waals surface area contributed by atoms with Crippen LogP contribution in [0.2, 0.25) is 10.0 Å². The molecule has 2 aromatic rings. The Morgan fingerprint density at radius 2 is 2.04 bits per heavy atom. The fourth-order valence-corrected chi connectivity index (χ4v) is 3.33. The summed E-state index contributed by atoms with van der Waals surface area (Å²) in [5, 5.41) is 5.41. The van der Waals surface area contributed by atoms with Gasteiger partial charge in [0.05, 0.1) is 18.1 Å².